The molecule has 0 amide bonds. The Bertz CT molecular complexity index is 246. The second-order valence-electron chi connectivity index (χ2n) is 3.12. The molecule has 0 bridgehead atoms. The Morgan fingerprint density at radius 2 is 1.76 bits per heavy atom. The van der Waals surface area contributed by atoms with Crippen molar-refractivity contribution in [2.75, 3.05) is 5.33 Å². The standard InChI is InChI=1S/C10H12BrF.C3H6.C2H6/c11-8-4-7-10(12)9-5-2-1-3-6-9;1-3-2;1-2/h1-3,5-6,10H,4,7-8H2;3H,1H2,2H3;1-2H3. The van der Waals surface area contributed by atoms with Crippen molar-refractivity contribution in [2.45, 2.75) is 39.8 Å². The molecule has 1 rings (SSSR count). The molecule has 1 atom stereocenters. The number of hydrogen-bond acceptors (Lipinski definition) is 0. The summed E-state index contributed by atoms with van der Waals surface area (Å²) in [6, 6.07) is 9.31. The third-order valence-electron chi connectivity index (χ3n) is 1.75. The lowest BCUT2D eigenvalue weighted by Crippen LogP contribution is -1.91. The molecule has 0 spiro atoms. The highest BCUT2D eigenvalue weighted by atomic mass is 79.9. The summed E-state index contributed by atoms with van der Waals surface area (Å²) in [6.07, 6.45) is 2.44. The SMILES string of the molecule is C=CC.CC.FC(CCCBr)c1ccccc1. The molecule has 2 heteroatoms. The van der Waals surface area contributed by atoms with Crippen molar-refractivity contribution in [1.82, 2.24) is 0 Å². The van der Waals surface area contributed by atoms with Crippen molar-refractivity contribution in [3.8, 4) is 0 Å². The molecule has 0 fully saturated rings. The number of hydrogen-bond donors (Lipinski definition) is 0. The fourth-order valence-electron chi connectivity index (χ4n) is 1.08. The van der Waals surface area contributed by atoms with E-state index in [0.29, 0.717) is 6.42 Å². The number of alkyl halides is 2. The van der Waals surface area contributed by atoms with Crippen LogP contribution in [0, 0.1) is 0 Å². The molecule has 1 unspecified atom stereocenters. The minimum absolute atomic E-state index is 0.606. The summed E-state index contributed by atoms with van der Waals surface area (Å²) in [5.74, 6) is 0. The molecule has 0 aliphatic rings. The number of rotatable bonds is 4. The molecule has 0 heterocycles. The Morgan fingerprint density at radius 3 is 2.18 bits per heavy atom. The maximum absolute atomic E-state index is 13.3. The van der Waals surface area contributed by atoms with E-state index in [1.54, 1.807) is 6.08 Å². The van der Waals surface area contributed by atoms with E-state index in [1.807, 2.05) is 51.1 Å². The largest absolute Gasteiger partial charge is 0.242 e. The number of allylic oxidation sites excluding steroid dienone is 1. The highest BCUT2D eigenvalue weighted by Crippen LogP contribution is 2.22. The van der Waals surface area contributed by atoms with Crippen LogP contribution in [-0.4, -0.2) is 5.33 Å². The van der Waals surface area contributed by atoms with Gasteiger partial charge in [0.25, 0.3) is 0 Å². The van der Waals surface area contributed by atoms with Crippen molar-refractivity contribution in [3.63, 3.8) is 0 Å². The molecule has 1 aromatic carbocycles. The molecule has 0 aromatic heterocycles. The van der Waals surface area contributed by atoms with Crippen LogP contribution in [0.4, 0.5) is 4.39 Å². The molecule has 1 aromatic rings. The van der Waals surface area contributed by atoms with Gasteiger partial charge in [0.05, 0.1) is 0 Å². The summed E-state index contributed by atoms with van der Waals surface area (Å²) in [5, 5.41) is 0.875. The van der Waals surface area contributed by atoms with Gasteiger partial charge in [-0.2, -0.15) is 0 Å². The predicted octanol–water partition coefficient (Wildman–Crippen LogP) is 6.09. The van der Waals surface area contributed by atoms with Crippen LogP contribution in [-0.2, 0) is 0 Å². The van der Waals surface area contributed by atoms with Gasteiger partial charge < -0.3 is 0 Å². The highest BCUT2D eigenvalue weighted by molar-refractivity contribution is 9.09. The first-order chi connectivity index (χ1) is 8.26. The molecule has 0 nitrogen and oxygen atoms in total. The molecule has 0 saturated heterocycles. The molecular weight excluding hydrogens is 279 g/mol. The summed E-state index contributed by atoms with van der Waals surface area (Å²) in [4.78, 5) is 0. The first-order valence-corrected chi connectivity index (χ1v) is 7.20. The van der Waals surface area contributed by atoms with Gasteiger partial charge in [0.15, 0.2) is 0 Å². The van der Waals surface area contributed by atoms with Gasteiger partial charge in [-0.3, -0.25) is 0 Å². The molecule has 17 heavy (non-hydrogen) atoms. The monoisotopic (exact) mass is 302 g/mol. The second kappa shape index (κ2) is 15.4. The summed E-state index contributed by atoms with van der Waals surface area (Å²) in [7, 11) is 0. The van der Waals surface area contributed by atoms with E-state index < -0.39 is 6.17 Å². The minimum atomic E-state index is -0.802. The van der Waals surface area contributed by atoms with Crippen molar-refractivity contribution in [3.05, 3.63) is 48.6 Å². The maximum Gasteiger partial charge on any atom is 0.125 e. The van der Waals surface area contributed by atoms with Crippen LogP contribution in [0.1, 0.15) is 45.3 Å². The zero-order valence-electron chi connectivity index (χ0n) is 11.1. The van der Waals surface area contributed by atoms with E-state index in [-0.39, 0.29) is 0 Å². The van der Waals surface area contributed by atoms with E-state index in [4.69, 9.17) is 0 Å². The van der Waals surface area contributed by atoms with Gasteiger partial charge in [-0.05, 0) is 25.3 Å². The molecule has 0 N–H and O–H groups in total. The Labute approximate surface area is 114 Å². The first-order valence-electron chi connectivity index (χ1n) is 6.08. The average Bonchev–Trinajstić information content (AvgIpc) is 2.40. The quantitative estimate of drug-likeness (QED) is 0.466. The lowest BCUT2D eigenvalue weighted by atomic mass is 10.1. The van der Waals surface area contributed by atoms with Gasteiger partial charge in [-0.25, -0.2) is 4.39 Å². The minimum Gasteiger partial charge on any atom is -0.242 e. The number of halogens is 2. The zero-order valence-corrected chi connectivity index (χ0v) is 12.7. The van der Waals surface area contributed by atoms with Gasteiger partial charge in [0.1, 0.15) is 6.17 Å². The van der Waals surface area contributed by atoms with Crippen LogP contribution in [0.5, 0.6) is 0 Å². The molecule has 0 saturated carbocycles. The van der Waals surface area contributed by atoms with Gasteiger partial charge in [0.2, 0.25) is 0 Å². The summed E-state index contributed by atoms with van der Waals surface area (Å²) in [5.41, 5.74) is 0.790. The van der Waals surface area contributed by atoms with E-state index in [1.165, 1.54) is 0 Å². The Hall–Kier alpha value is -0.630. The van der Waals surface area contributed by atoms with Crippen LogP contribution in [0.2, 0.25) is 0 Å². The molecule has 0 radical (unpaired) electrons. The fraction of sp³-hybridized carbons (Fsp3) is 0.467. The molecule has 0 aliphatic carbocycles. The van der Waals surface area contributed by atoms with Crippen LogP contribution in [0.25, 0.3) is 0 Å². The summed E-state index contributed by atoms with van der Waals surface area (Å²) in [6.45, 7) is 9.25. The maximum atomic E-state index is 13.3. The summed E-state index contributed by atoms with van der Waals surface area (Å²) < 4.78 is 13.3. The molecular formula is C15H24BrF. The van der Waals surface area contributed by atoms with Gasteiger partial charge in [0, 0.05) is 5.33 Å². The van der Waals surface area contributed by atoms with Crippen LogP contribution in [0.3, 0.4) is 0 Å². The number of benzene rings is 1. The van der Waals surface area contributed by atoms with E-state index in [9.17, 15) is 4.39 Å². The Kier molecular flexibility index (Phi) is 16.9. The van der Waals surface area contributed by atoms with Crippen LogP contribution in [0.15, 0.2) is 43.0 Å². The smallest absolute Gasteiger partial charge is 0.125 e. The molecule has 98 valence electrons. The highest BCUT2D eigenvalue weighted by Gasteiger charge is 2.07. The van der Waals surface area contributed by atoms with Crippen LogP contribution < -0.4 is 0 Å². The first kappa shape index (κ1) is 18.7. The average molecular weight is 303 g/mol. The summed E-state index contributed by atoms with van der Waals surface area (Å²) >= 11 is 3.28. The second-order valence-corrected chi connectivity index (χ2v) is 3.91. The van der Waals surface area contributed by atoms with E-state index >= 15 is 0 Å². The van der Waals surface area contributed by atoms with Crippen LogP contribution >= 0.6 is 15.9 Å². The lowest BCUT2D eigenvalue weighted by molar-refractivity contribution is 0.322. The van der Waals surface area contributed by atoms with Gasteiger partial charge in [-0.1, -0.05) is 66.2 Å². The van der Waals surface area contributed by atoms with Gasteiger partial charge in [-0.15, -0.1) is 6.58 Å². The van der Waals surface area contributed by atoms with Crippen molar-refractivity contribution >= 4 is 15.9 Å². The molecule has 0 aliphatic heterocycles. The van der Waals surface area contributed by atoms with Crippen molar-refractivity contribution in [2.24, 2.45) is 0 Å². The third kappa shape index (κ3) is 11.6. The Balaban J connectivity index is 0. The van der Waals surface area contributed by atoms with Gasteiger partial charge >= 0.3 is 0 Å². The topological polar surface area (TPSA) is 0 Å². The zero-order chi connectivity index (χ0) is 13.5. The van der Waals surface area contributed by atoms with E-state index in [0.717, 1.165) is 17.3 Å². The van der Waals surface area contributed by atoms with Crippen molar-refractivity contribution < 1.29 is 4.39 Å². The normalized spacial score (nSPS) is 10.2. The third-order valence-corrected chi connectivity index (χ3v) is 2.31. The fourth-order valence-corrected chi connectivity index (χ4v) is 1.41. The Morgan fingerprint density at radius 1 is 1.29 bits per heavy atom. The van der Waals surface area contributed by atoms with Crippen molar-refractivity contribution in [1.29, 1.82) is 0 Å². The predicted molar refractivity (Wildman–Crippen MR) is 80.5 cm³/mol. The van der Waals surface area contributed by atoms with E-state index in [2.05, 4.69) is 22.5 Å². The lowest BCUT2D eigenvalue weighted by Gasteiger charge is -2.06.